The number of nitrogens with zero attached hydrogens (tertiary/aromatic N) is 3. The van der Waals surface area contributed by atoms with E-state index in [0.29, 0.717) is 24.3 Å². The highest BCUT2D eigenvalue weighted by atomic mass is 35.5. The molecule has 8 nitrogen and oxygen atoms in total. The molecule has 4 rings (SSSR count). The van der Waals surface area contributed by atoms with Gasteiger partial charge in [-0.05, 0) is 60.5 Å². The van der Waals surface area contributed by atoms with E-state index in [2.05, 4.69) is 10.2 Å². The number of carbonyl (C=O) groups excluding carboxylic acids is 2. The van der Waals surface area contributed by atoms with Gasteiger partial charge in [-0.3, -0.25) is 19.7 Å². The summed E-state index contributed by atoms with van der Waals surface area (Å²) in [7, 11) is 0. The highest BCUT2D eigenvalue weighted by Gasteiger charge is 2.23. The Morgan fingerprint density at radius 2 is 1.69 bits per heavy atom. The minimum Gasteiger partial charge on any atom is -0.368 e. The lowest BCUT2D eigenvalue weighted by Gasteiger charge is -2.36. The predicted molar refractivity (Wildman–Crippen MR) is 142 cm³/mol. The lowest BCUT2D eigenvalue weighted by Crippen LogP contribution is -2.48. The lowest BCUT2D eigenvalue weighted by atomic mass is 10.1. The molecule has 36 heavy (non-hydrogen) atoms. The number of halogens is 1. The van der Waals surface area contributed by atoms with Gasteiger partial charge in [0.2, 0.25) is 5.91 Å². The van der Waals surface area contributed by atoms with Crippen molar-refractivity contribution in [2.45, 2.75) is 6.92 Å². The molecule has 0 atom stereocenters. The molecule has 0 radical (unpaired) electrons. The van der Waals surface area contributed by atoms with Gasteiger partial charge in [0.25, 0.3) is 11.6 Å². The van der Waals surface area contributed by atoms with Crippen LogP contribution in [0.2, 0.25) is 5.02 Å². The maximum atomic E-state index is 12.8. The number of rotatable bonds is 6. The smallest absolute Gasteiger partial charge is 0.288 e. The zero-order valence-electron chi connectivity index (χ0n) is 19.7. The minimum absolute atomic E-state index is 0.0426. The second-order valence-corrected chi connectivity index (χ2v) is 8.84. The second kappa shape index (κ2) is 11.0. The molecular formula is C27H25ClN4O4. The van der Waals surface area contributed by atoms with Crippen LogP contribution in [0.25, 0.3) is 6.08 Å². The third kappa shape index (κ3) is 5.90. The van der Waals surface area contributed by atoms with Gasteiger partial charge in [-0.2, -0.15) is 0 Å². The Balaban J connectivity index is 1.31. The van der Waals surface area contributed by atoms with E-state index < -0.39 is 4.92 Å². The molecule has 1 aliphatic rings. The van der Waals surface area contributed by atoms with Crippen LogP contribution in [0.1, 0.15) is 21.5 Å². The van der Waals surface area contributed by atoms with Crippen LogP contribution in [0.4, 0.5) is 17.1 Å². The van der Waals surface area contributed by atoms with Gasteiger partial charge in [-0.15, -0.1) is 0 Å². The second-order valence-electron chi connectivity index (χ2n) is 8.43. The van der Waals surface area contributed by atoms with Gasteiger partial charge in [0.05, 0.1) is 4.92 Å². The summed E-state index contributed by atoms with van der Waals surface area (Å²) in [5, 5.41) is 13.8. The van der Waals surface area contributed by atoms with Gasteiger partial charge in [0.1, 0.15) is 5.02 Å². The Morgan fingerprint density at radius 1 is 1.00 bits per heavy atom. The van der Waals surface area contributed by atoms with E-state index in [-0.39, 0.29) is 22.5 Å². The number of nitro groups is 1. The summed E-state index contributed by atoms with van der Waals surface area (Å²) in [5.41, 5.74) is 3.65. The Bertz CT molecular complexity index is 1320. The number of aryl methyl sites for hydroxylation is 1. The van der Waals surface area contributed by atoms with Crippen LogP contribution < -0.4 is 10.2 Å². The molecule has 3 aromatic carbocycles. The maximum Gasteiger partial charge on any atom is 0.288 e. The molecular weight excluding hydrogens is 480 g/mol. The monoisotopic (exact) mass is 504 g/mol. The third-order valence-electron chi connectivity index (χ3n) is 6.04. The van der Waals surface area contributed by atoms with E-state index in [0.717, 1.165) is 29.9 Å². The van der Waals surface area contributed by atoms with Gasteiger partial charge >= 0.3 is 0 Å². The molecule has 3 aromatic rings. The van der Waals surface area contributed by atoms with Gasteiger partial charge in [0, 0.05) is 55.3 Å². The van der Waals surface area contributed by atoms with E-state index >= 15 is 0 Å². The summed E-state index contributed by atoms with van der Waals surface area (Å²) in [5.74, 6) is -0.296. The Morgan fingerprint density at radius 3 is 2.36 bits per heavy atom. The first-order chi connectivity index (χ1) is 17.3. The molecule has 1 heterocycles. The largest absolute Gasteiger partial charge is 0.368 e. The lowest BCUT2D eigenvalue weighted by molar-refractivity contribution is -0.384. The highest BCUT2D eigenvalue weighted by Crippen LogP contribution is 2.26. The number of amides is 2. The fourth-order valence-electron chi connectivity index (χ4n) is 4.04. The number of benzene rings is 3. The first-order valence-corrected chi connectivity index (χ1v) is 11.8. The Hall–Kier alpha value is -4.17. The summed E-state index contributed by atoms with van der Waals surface area (Å²) in [6, 6.07) is 19.5. The van der Waals surface area contributed by atoms with Crippen LogP contribution in [-0.2, 0) is 4.79 Å². The number of hydrogen-bond donors (Lipinski definition) is 1. The molecule has 0 unspecified atom stereocenters. The summed E-state index contributed by atoms with van der Waals surface area (Å²) in [6.07, 6.45) is 2.80. The molecule has 184 valence electrons. The first kappa shape index (κ1) is 24.9. The molecule has 2 amide bonds. The van der Waals surface area contributed by atoms with Crippen molar-refractivity contribution in [2.75, 3.05) is 36.4 Å². The van der Waals surface area contributed by atoms with Crippen LogP contribution in [0, 0.1) is 17.0 Å². The summed E-state index contributed by atoms with van der Waals surface area (Å²) >= 11 is 5.82. The number of piperazine rings is 1. The molecule has 0 bridgehead atoms. The van der Waals surface area contributed by atoms with Crippen LogP contribution in [0.5, 0.6) is 0 Å². The zero-order valence-corrected chi connectivity index (χ0v) is 20.4. The molecule has 1 N–H and O–H groups in total. The van der Waals surface area contributed by atoms with E-state index in [1.165, 1.54) is 24.3 Å². The molecule has 1 aliphatic heterocycles. The standard InChI is InChI=1S/C27H25ClN4O4/c1-19-4-2-3-5-23(19)27(34)31-16-14-30(15-17-31)22-10-8-21(9-11-22)29-26(33)13-7-20-6-12-24(28)25(18-20)32(35)36/h2-13,18H,14-17H2,1H3,(H,29,33). The predicted octanol–water partition coefficient (Wildman–Crippen LogP) is 5.17. The van der Waals surface area contributed by atoms with Crippen LogP contribution >= 0.6 is 11.6 Å². The van der Waals surface area contributed by atoms with Crippen molar-refractivity contribution in [3.05, 3.63) is 105 Å². The molecule has 0 aromatic heterocycles. The quantitative estimate of drug-likeness (QED) is 0.284. The van der Waals surface area contributed by atoms with Crippen molar-refractivity contribution < 1.29 is 14.5 Å². The fourth-order valence-corrected chi connectivity index (χ4v) is 4.22. The zero-order chi connectivity index (χ0) is 25.7. The van der Waals surface area contributed by atoms with Crippen LogP contribution in [0.3, 0.4) is 0 Å². The molecule has 1 saturated heterocycles. The first-order valence-electron chi connectivity index (χ1n) is 11.4. The van der Waals surface area contributed by atoms with E-state index in [1.807, 2.05) is 60.4 Å². The number of anilines is 2. The van der Waals surface area contributed by atoms with E-state index in [4.69, 9.17) is 11.6 Å². The summed E-state index contributed by atoms with van der Waals surface area (Å²) < 4.78 is 0. The van der Waals surface area contributed by atoms with Gasteiger partial charge < -0.3 is 15.1 Å². The third-order valence-corrected chi connectivity index (χ3v) is 6.36. The van der Waals surface area contributed by atoms with Crippen molar-refractivity contribution in [1.82, 2.24) is 4.90 Å². The maximum absolute atomic E-state index is 12.8. The highest BCUT2D eigenvalue weighted by molar-refractivity contribution is 6.32. The molecule has 0 spiro atoms. The van der Waals surface area contributed by atoms with E-state index in [9.17, 15) is 19.7 Å². The van der Waals surface area contributed by atoms with Gasteiger partial charge in [-0.25, -0.2) is 0 Å². The van der Waals surface area contributed by atoms with Crippen molar-refractivity contribution >= 4 is 46.6 Å². The summed E-state index contributed by atoms with van der Waals surface area (Å²) in [6.45, 7) is 4.67. The normalized spacial score (nSPS) is 13.6. The van der Waals surface area contributed by atoms with E-state index in [1.54, 1.807) is 6.07 Å². The molecule has 0 saturated carbocycles. The number of nitro benzene ring substituents is 1. The fraction of sp³-hybridized carbons (Fsp3) is 0.185. The van der Waals surface area contributed by atoms with Gasteiger partial charge in [-0.1, -0.05) is 35.9 Å². The minimum atomic E-state index is -0.566. The van der Waals surface area contributed by atoms with Crippen LogP contribution in [-0.4, -0.2) is 47.8 Å². The topological polar surface area (TPSA) is 95.8 Å². The van der Waals surface area contributed by atoms with Crippen LogP contribution in [0.15, 0.2) is 72.8 Å². The number of hydrogen-bond acceptors (Lipinski definition) is 5. The van der Waals surface area contributed by atoms with Crippen molar-refractivity contribution in [3.8, 4) is 0 Å². The average Bonchev–Trinajstić information content (AvgIpc) is 2.88. The summed E-state index contributed by atoms with van der Waals surface area (Å²) in [4.78, 5) is 39.7. The van der Waals surface area contributed by atoms with Crippen molar-refractivity contribution in [2.24, 2.45) is 0 Å². The molecule has 1 fully saturated rings. The number of nitrogens with one attached hydrogen (secondary N) is 1. The SMILES string of the molecule is Cc1ccccc1C(=O)N1CCN(c2ccc(NC(=O)C=Cc3ccc(Cl)c([N+](=O)[O-])c3)cc2)CC1. The van der Waals surface area contributed by atoms with Crippen molar-refractivity contribution in [1.29, 1.82) is 0 Å². The molecule has 9 heteroatoms. The molecule has 0 aliphatic carbocycles. The van der Waals surface area contributed by atoms with Crippen molar-refractivity contribution in [3.63, 3.8) is 0 Å². The average molecular weight is 505 g/mol. The Kier molecular flexibility index (Phi) is 7.65. The van der Waals surface area contributed by atoms with Gasteiger partial charge in [0.15, 0.2) is 0 Å². The Labute approximate surface area is 213 Å². The number of carbonyl (C=O) groups is 2.